The van der Waals surface area contributed by atoms with Crippen molar-refractivity contribution in [3.8, 4) is 0 Å². The standard InChI is InChI=1S/C8H16N4O2S/c1-9-4-5-15(13,14)12-3-2-8-6-10-7-11-8/h6-7,9,12H,2-5H2,1H3,(H,10,11). The number of nitrogens with one attached hydrogen (secondary N) is 3. The molecule has 15 heavy (non-hydrogen) atoms. The van der Waals surface area contributed by atoms with Crippen molar-refractivity contribution in [2.24, 2.45) is 0 Å². The second-order valence-electron chi connectivity index (χ2n) is 3.14. The lowest BCUT2D eigenvalue weighted by atomic mass is 10.3. The van der Waals surface area contributed by atoms with Gasteiger partial charge in [-0.1, -0.05) is 0 Å². The zero-order valence-corrected chi connectivity index (χ0v) is 9.47. The first-order valence-electron chi connectivity index (χ1n) is 4.73. The number of sulfonamides is 1. The van der Waals surface area contributed by atoms with E-state index >= 15 is 0 Å². The molecule has 0 aliphatic carbocycles. The third-order valence-corrected chi connectivity index (χ3v) is 3.28. The summed E-state index contributed by atoms with van der Waals surface area (Å²) in [6, 6.07) is 0. The molecule has 0 amide bonds. The maximum atomic E-state index is 11.3. The van der Waals surface area contributed by atoms with E-state index < -0.39 is 10.0 Å². The lowest BCUT2D eigenvalue weighted by molar-refractivity contribution is 0.579. The van der Waals surface area contributed by atoms with Crippen LogP contribution >= 0.6 is 0 Å². The molecule has 1 heterocycles. The molecule has 1 aromatic rings. The Morgan fingerprint density at radius 3 is 2.87 bits per heavy atom. The Morgan fingerprint density at radius 2 is 2.27 bits per heavy atom. The minimum absolute atomic E-state index is 0.104. The second kappa shape index (κ2) is 5.84. The summed E-state index contributed by atoms with van der Waals surface area (Å²) in [5, 5.41) is 2.79. The van der Waals surface area contributed by atoms with Crippen LogP contribution in [-0.4, -0.2) is 44.3 Å². The van der Waals surface area contributed by atoms with Crippen LogP contribution in [0.5, 0.6) is 0 Å². The highest BCUT2D eigenvalue weighted by Crippen LogP contribution is 1.91. The molecule has 3 N–H and O–H groups in total. The summed E-state index contributed by atoms with van der Waals surface area (Å²) >= 11 is 0. The van der Waals surface area contributed by atoms with Crippen LogP contribution in [0.4, 0.5) is 0 Å². The average molecular weight is 232 g/mol. The number of hydrogen-bond donors (Lipinski definition) is 3. The molecule has 7 heteroatoms. The first-order valence-corrected chi connectivity index (χ1v) is 6.38. The summed E-state index contributed by atoms with van der Waals surface area (Å²) in [6.45, 7) is 0.855. The number of nitrogens with zero attached hydrogens (tertiary/aromatic N) is 1. The predicted molar refractivity (Wildman–Crippen MR) is 58.0 cm³/mol. The fraction of sp³-hybridized carbons (Fsp3) is 0.625. The molecule has 0 radical (unpaired) electrons. The van der Waals surface area contributed by atoms with Crippen molar-refractivity contribution in [1.82, 2.24) is 20.0 Å². The summed E-state index contributed by atoms with van der Waals surface area (Å²) in [5.41, 5.74) is 0.923. The van der Waals surface area contributed by atoms with Crippen molar-refractivity contribution in [1.29, 1.82) is 0 Å². The number of hydrogen-bond acceptors (Lipinski definition) is 4. The third-order valence-electron chi connectivity index (χ3n) is 1.89. The van der Waals surface area contributed by atoms with Crippen molar-refractivity contribution in [2.45, 2.75) is 6.42 Å². The molecule has 1 aromatic heterocycles. The Bertz CT molecular complexity index is 360. The van der Waals surface area contributed by atoms with Crippen molar-refractivity contribution >= 4 is 10.0 Å². The van der Waals surface area contributed by atoms with E-state index in [-0.39, 0.29) is 5.75 Å². The van der Waals surface area contributed by atoms with Gasteiger partial charge in [-0.25, -0.2) is 18.1 Å². The van der Waals surface area contributed by atoms with Gasteiger partial charge in [0, 0.05) is 31.4 Å². The van der Waals surface area contributed by atoms with E-state index in [1.54, 1.807) is 19.6 Å². The number of aromatic amines is 1. The Morgan fingerprint density at radius 1 is 1.47 bits per heavy atom. The molecule has 1 rings (SSSR count). The molecule has 0 atom stereocenters. The third kappa shape index (κ3) is 4.91. The van der Waals surface area contributed by atoms with Gasteiger partial charge in [-0.3, -0.25) is 0 Å². The first-order chi connectivity index (χ1) is 7.14. The largest absolute Gasteiger partial charge is 0.348 e. The van der Waals surface area contributed by atoms with Crippen LogP contribution < -0.4 is 10.0 Å². The lowest BCUT2D eigenvalue weighted by Crippen LogP contribution is -2.32. The normalized spacial score (nSPS) is 11.8. The smallest absolute Gasteiger partial charge is 0.212 e. The molecule has 86 valence electrons. The van der Waals surface area contributed by atoms with E-state index in [0.29, 0.717) is 19.5 Å². The number of aromatic nitrogens is 2. The Labute approximate surface area is 89.5 Å². The van der Waals surface area contributed by atoms with Crippen LogP contribution in [0.3, 0.4) is 0 Å². The summed E-state index contributed by atoms with van der Waals surface area (Å²) in [5.74, 6) is 0.104. The van der Waals surface area contributed by atoms with Crippen molar-refractivity contribution in [3.05, 3.63) is 18.2 Å². The van der Waals surface area contributed by atoms with Gasteiger partial charge in [0.15, 0.2) is 0 Å². The lowest BCUT2D eigenvalue weighted by Gasteiger charge is -2.05. The monoisotopic (exact) mass is 232 g/mol. The fourth-order valence-electron chi connectivity index (χ4n) is 1.07. The first kappa shape index (κ1) is 12.2. The maximum Gasteiger partial charge on any atom is 0.212 e. The number of rotatable bonds is 7. The van der Waals surface area contributed by atoms with Crippen molar-refractivity contribution < 1.29 is 8.42 Å². The molecule has 0 bridgehead atoms. The zero-order valence-electron chi connectivity index (χ0n) is 8.66. The quantitative estimate of drug-likeness (QED) is 0.568. The molecular formula is C8H16N4O2S. The van der Waals surface area contributed by atoms with Gasteiger partial charge in [0.1, 0.15) is 0 Å². The van der Waals surface area contributed by atoms with Gasteiger partial charge in [-0.2, -0.15) is 0 Å². The molecule has 0 fully saturated rings. The molecule has 0 unspecified atom stereocenters. The van der Waals surface area contributed by atoms with Gasteiger partial charge < -0.3 is 10.3 Å². The minimum Gasteiger partial charge on any atom is -0.348 e. The van der Waals surface area contributed by atoms with Crippen LogP contribution in [-0.2, 0) is 16.4 Å². The van der Waals surface area contributed by atoms with E-state index in [1.807, 2.05) is 0 Å². The van der Waals surface area contributed by atoms with Gasteiger partial charge in [0.25, 0.3) is 0 Å². The topological polar surface area (TPSA) is 86.9 Å². The van der Waals surface area contributed by atoms with Crippen molar-refractivity contribution in [3.63, 3.8) is 0 Å². The van der Waals surface area contributed by atoms with Gasteiger partial charge in [0.2, 0.25) is 10.0 Å². The SMILES string of the molecule is CNCCS(=O)(=O)NCCc1cnc[nH]1. The average Bonchev–Trinajstić information content (AvgIpc) is 2.67. The molecule has 0 aliphatic rings. The molecule has 0 saturated carbocycles. The van der Waals surface area contributed by atoms with Crippen LogP contribution in [0.2, 0.25) is 0 Å². The molecular weight excluding hydrogens is 216 g/mol. The number of imidazole rings is 1. The van der Waals surface area contributed by atoms with E-state index in [4.69, 9.17) is 0 Å². The zero-order chi connectivity index (χ0) is 11.1. The minimum atomic E-state index is -3.14. The molecule has 0 saturated heterocycles. The number of H-pyrrole nitrogens is 1. The van der Waals surface area contributed by atoms with E-state index in [9.17, 15) is 8.42 Å². The highest BCUT2D eigenvalue weighted by atomic mass is 32.2. The predicted octanol–water partition coefficient (Wildman–Crippen LogP) is -0.909. The van der Waals surface area contributed by atoms with E-state index in [0.717, 1.165) is 5.69 Å². The van der Waals surface area contributed by atoms with E-state index in [1.165, 1.54) is 0 Å². The molecule has 6 nitrogen and oxygen atoms in total. The van der Waals surface area contributed by atoms with Gasteiger partial charge in [-0.15, -0.1) is 0 Å². The van der Waals surface area contributed by atoms with Gasteiger partial charge in [-0.05, 0) is 7.05 Å². The van der Waals surface area contributed by atoms with Crippen LogP contribution in [0.1, 0.15) is 5.69 Å². The Hall–Kier alpha value is -0.920. The highest BCUT2D eigenvalue weighted by molar-refractivity contribution is 7.89. The fourth-order valence-corrected chi connectivity index (χ4v) is 2.10. The summed E-state index contributed by atoms with van der Waals surface area (Å²) in [6.07, 6.45) is 3.88. The highest BCUT2D eigenvalue weighted by Gasteiger charge is 2.08. The van der Waals surface area contributed by atoms with E-state index in [2.05, 4.69) is 20.0 Å². The van der Waals surface area contributed by atoms with Crippen LogP contribution in [0.25, 0.3) is 0 Å². The second-order valence-corrected chi connectivity index (χ2v) is 5.07. The molecule has 0 aliphatic heterocycles. The summed E-state index contributed by atoms with van der Waals surface area (Å²) < 4.78 is 25.2. The Kier molecular flexibility index (Phi) is 4.73. The van der Waals surface area contributed by atoms with Crippen LogP contribution in [0.15, 0.2) is 12.5 Å². The van der Waals surface area contributed by atoms with Crippen LogP contribution in [0, 0.1) is 0 Å². The van der Waals surface area contributed by atoms with Gasteiger partial charge in [0.05, 0.1) is 12.1 Å². The maximum absolute atomic E-state index is 11.3. The van der Waals surface area contributed by atoms with Gasteiger partial charge >= 0.3 is 0 Å². The van der Waals surface area contributed by atoms with Crippen molar-refractivity contribution in [2.75, 3.05) is 25.9 Å². The Balaban J connectivity index is 2.24. The molecule has 0 spiro atoms. The summed E-state index contributed by atoms with van der Waals surface area (Å²) in [7, 11) is -1.42. The molecule has 0 aromatic carbocycles. The summed E-state index contributed by atoms with van der Waals surface area (Å²) in [4.78, 5) is 6.75.